The van der Waals surface area contributed by atoms with Crippen LogP contribution in [0.1, 0.15) is 22.3 Å². The summed E-state index contributed by atoms with van der Waals surface area (Å²) in [6.45, 7) is 1.13. The Balaban J connectivity index is 1.76. The first kappa shape index (κ1) is 19.4. The summed E-state index contributed by atoms with van der Waals surface area (Å²) in [7, 11) is 0. The predicted molar refractivity (Wildman–Crippen MR) is 109 cm³/mol. The molecule has 1 saturated heterocycles. The third-order valence-corrected chi connectivity index (χ3v) is 5.53. The number of thioether (sulfide) groups is 1. The summed E-state index contributed by atoms with van der Waals surface area (Å²) in [5.74, 6) is 0.606. The quantitative estimate of drug-likeness (QED) is 0.546. The molecule has 0 radical (unpaired) electrons. The molecule has 2 aromatic carbocycles. The van der Waals surface area contributed by atoms with Crippen LogP contribution in [0, 0.1) is 10.1 Å². The molecule has 1 aliphatic heterocycles. The Morgan fingerprint density at radius 1 is 1.26 bits per heavy atom. The average Bonchev–Trinajstić information content (AvgIpc) is 2.69. The van der Waals surface area contributed by atoms with Gasteiger partial charge in [-0.15, -0.1) is 0 Å². The van der Waals surface area contributed by atoms with Crippen molar-refractivity contribution in [1.82, 2.24) is 4.90 Å². The van der Waals surface area contributed by atoms with Gasteiger partial charge in [-0.1, -0.05) is 53.7 Å². The van der Waals surface area contributed by atoms with Gasteiger partial charge in [-0.25, -0.2) is 0 Å². The molecule has 27 heavy (non-hydrogen) atoms. The van der Waals surface area contributed by atoms with E-state index in [1.807, 2.05) is 30.3 Å². The van der Waals surface area contributed by atoms with E-state index >= 15 is 0 Å². The number of carbonyl (C=O) groups is 1. The number of hydrogen-bond donors (Lipinski definition) is 0. The lowest BCUT2D eigenvalue weighted by molar-refractivity contribution is -0.384. The zero-order valence-corrected chi connectivity index (χ0v) is 16.1. The Morgan fingerprint density at radius 3 is 2.78 bits per heavy atom. The molecule has 0 bridgehead atoms. The van der Waals surface area contributed by atoms with Gasteiger partial charge in [0.2, 0.25) is 0 Å². The third-order valence-electron chi connectivity index (χ3n) is 4.11. The molecule has 0 spiro atoms. The molecule has 6 nitrogen and oxygen atoms in total. The molecule has 0 aromatic heterocycles. The van der Waals surface area contributed by atoms with Gasteiger partial charge in [-0.3, -0.25) is 24.8 Å². The number of benzene rings is 2. The maximum absolute atomic E-state index is 12.9. The first-order valence-electron chi connectivity index (χ1n) is 8.53. The number of amidine groups is 1. The van der Waals surface area contributed by atoms with Gasteiger partial charge in [0, 0.05) is 30.5 Å². The minimum atomic E-state index is -0.584. The summed E-state index contributed by atoms with van der Waals surface area (Å²) < 4.78 is 0. The topological polar surface area (TPSA) is 75.8 Å². The van der Waals surface area contributed by atoms with Crippen LogP contribution in [-0.2, 0) is 6.42 Å². The van der Waals surface area contributed by atoms with Crippen molar-refractivity contribution in [3.05, 3.63) is 74.8 Å². The number of nitrogens with zero attached hydrogens (tertiary/aromatic N) is 3. The molecular formula is C19H18ClN3O3S. The summed E-state index contributed by atoms with van der Waals surface area (Å²) >= 11 is 7.38. The van der Waals surface area contributed by atoms with E-state index in [9.17, 15) is 14.9 Å². The fourth-order valence-electron chi connectivity index (χ4n) is 2.75. The van der Waals surface area contributed by atoms with E-state index in [0.29, 0.717) is 18.3 Å². The van der Waals surface area contributed by atoms with E-state index in [1.54, 1.807) is 4.90 Å². The minimum absolute atomic E-state index is 0.0151. The van der Waals surface area contributed by atoms with E-state index < -0.39 is 4.92 Å². The average molecular weight is 404 g/mol. The number of carbonyl (C=O) groups excluding carboxylic acids is 1. The fourth-order valence-corrected chi connectivity index (χ4v) is 3.90. The lowest BCUT2D eigenvalue weighted by atomic mass is 10.1. The largest absolute Gasteiger partial charge is 0.288 e. The van der Waals surface area contributed by atoms with Gasteiger partial charge in [-0.05, 0) is 30.5 Å². The molecule has 1 heterocycles. The van der Waals surface area contributed by atoms with E-state index in [-0.39, 0.29) is 22.2 Å². The Morgan fingerprint density at radius 2 is 2.04 bits per heavy atom. The number of rotatable bonds is 5. The third kappa shape index (κ3) is 4.87. The highest BCUT2D eigenvalue weighted by Crippen LogP contribution is 2.27. The first-order valence-corrected chi connectivity index (χ1v) is 9.89. The van der Waals surface area contributed by atoms with E-state index in [0.717, 1.165) is 18.6 Å². The Kier molecular flexibility index (Phi) is 6.47. The smallest absolute Gasteiger partial charge is 0.287 e. The number of nitro groups is 1. The van der Waals surface area contributed by atoms with Gasteiger partial charge in [0.05, 0.1) is 4.92 Å². The summed E-state index contributed by atoms with van der Waals surface area (Å²) in [6.07, 6.45) is 1.64. The lowest BCUT2D eigenvalue weighted by Gasteiger charge is -2.28. The van der Waals surface area contributed by atoms with E-state index in [2.05, 4.69) is 4.99 Å². The molecule has 0 N–H and O–H groups in total. The van der Waals surface area contributed by atoms with E-state index in [1.165, 1.54) is 35.5 Å². The van der Waals surface area contributed by atoms with Crippen molar-refractivity contribution in [2.45, 2.75) is 12.8 Å². The van der Waals surface area contributed by atoms with Crippen molar-refractivity contribution < 1.29 is 9.72 Å². The second-order valence-electron chi connectivity index (χ2n) is 5.98. The van der Waals surface area contributed by atoms with Crippen molar-refractivity contribution in [3.8, 4) is 0 Å². The van der Waals surface area contributed by atoms with Gasteiger partial charge in [0.1, 0.15) is 5.02 Å². The van der Waals surface area contributed by atoms with Crippen LogP contribution in [0.15, 0.2) is 53.5 Å². The Labute approximate surface area is 166 Å². The fraction of sp³-hybridized carbons (Fsp3) is 0.263. The molecule has 8 heteroatoms. The van der Waals surface area contributed by atoms with Crippen LogP contribution < -0.4 is 0 Å². The predicted octanol–water partition coefficient (Wildman–Crippen LogP) is 4.43. The molecule has 0 unspecified atom stereocenters. The zero-order chi connectivity index (χ0) is 19.2. The van der Waals surface area contributed by atoms with E-state index in [4.69, 9.17) is 11.6 Å². The highest BCUT2D eigenvalue weighted by Gasteiger charge is 2.26. The normalized spacial score (nSPS) is 15.7. The maximum atomic E-state index is 12.9. The van der Waals surface area contributed by atoms with Crippen molar-refractivity contribution >= 4 is 40.1 Å². The summed E-state index contributed by atoms with van der Waals surface area (Å²) in [6, 6.07) is 14.2. The summed E-state index contributed by atoms with van der Waals surface area (Å²) in [5.41, 5.74) is 1.16. The van der Waals surface area contributed by atoms with Crippen LogP contribution >= 0.6 is 23.4 Å². The number of halogens is 1. The van der Waals surface area contributed by atoms with Gasteiger partial charge in [0.25, 0.3) is 11.6 Å². The Bertz CT molecular complexity index is 874. The maximum Gasteiger partial charge on any atom is 0.288 e. The van der Waals surface area contributed by atoms with Crippen molar-refractivity contribution in [1.29, 1.82) is 0 Å². The van der Waals surface area contributed by atoms with Crippen LogP contribution in [0.25, 0.3) is 0 Å². The highest BCUT2D eigenvalue weighted by atomic mass is 35.5. The van der Waals surface area contributed by atoms with Crippen LogP contribution in [0.3, 0.4) is 0 Å². The van der Waals surface area contributed by atoms with Crippen LogP contribution in [0.2, 0.25) is 5.02 Å². The lowest BCUT2D eigenvalue weighted by Crippen LogP contribution is -2.39. The van der Waals surface area contributed by atoms with Crippen molar-refractivity contribution in [2.75, 3.05) is 18.8 Å². The first-order chi connectivity index (χ1) is 13.1. The second-order valence-corrected chi connectivity index (χ2v) is 7.45. The zero-order valence-electron chi connectivity index (χ0n) is 14.5. The van der Waals surface area contributed by atoms with Crippen LogP contribution in [0.5, 0.6) is 0 Å². The van der Waals surface area contributed by atoms with Crippen LogP contribution in [-0.4, -0.2) is 39.7 Å². The van der Waals surface area contributed by atoms with Gasteiger partial charge in [0.15, 0.2) is 5.17 Å². The molecule has 1 amide bonds. The molecule has 140 valence electrons. The van der Waals surface area contributed by atoms with Crippen molar-refractivity contribution in [2.24, 2.45) is 4.99 Å². The van der Waals surface area contributed by atoms with Gasteiger partial charge in [-0.2, -0.15) is 0 Å². The van der Waals surface area contributed by atoms with Crippen molar-refractivity contribution in [3.63, 3.8) is 0 Å². The number of amides is 1. The molecule has 3 rings (SSSR count). The molecule has 0 aliphatic carbocycles. The van der Waals surface area contributed by atoms with Gasteiger partial charge >= 0.3 is 0 Å². The molecule has 0 atom stereocenters. The summed E-state index contributed by atoms with van der Waals surface area (Å²) in [4.78, 5) is 29.6. The monoisotopic (exact) mass is 403 g/mol. The number of nitro benzene ring substituents is 1. The standard InChI is InChI=1S/C19H18ClN3O3S/c20-16-8-7-15(13-17(16)23(25)26)18(24)22-11-4-12-27-19(22)21-10-9-14-5-2-1-3-6-14/h1-3,5-8,13H,4,9-12H2. The Hall–Kier alpha value is -2.38. The highest BCUT2D eigenvalue weighted by molar-refractivity contribution is 8.13. The van der Waals surface area contributed by atoms with Crippen LogP contribution in [0.4, 0.5) is 5.69 Å². The molecule has 1 fully saturated rings. The molecule has 1 aliphatic rings. The second kappa shape index (κ2) is 9.01. The molecule has 2 aromatic rings. The molecule has 0 saturated carbocycles. The molecular weight excluding hydrogens is 386 g/mol. The van der Waals surface area contributed by atoms with Gasteiger partial charge < -0.3 is 0 Å². The summed E-state index contributed by atoms with van der Waals surface area (Å²) in [5, 5.41) is 11.8. The number of hydrogen-bond acceptors (Lipinski definition) is 5. The SMILES string of the molecule is O=C(c1ccc(Cl)c([N+](=O)[O-])c1)N1CCCSC1=NCCc1ccccc1. The minimum Gasteiger partial charge on any atom is -0.287 e. The number of aliphatic imine (C=N–C) groups is 1.